The van der Waals surface area contributed by atoms with Crippen LogP contribution in [0.5, 0.6) is 0 Å². The Morgan fingerprint density at radius 3 is 2.20 bits per heavy atom. The molecule has 3 aromatic rings. The van der Waals surface area contributed by atoms with Gasteiger partial charge in [0.25, 0.3) is 5.91 Å². The van der Waals surface area contributed by atoms with Crippen LogP contribution in [0.4, 0.5) is 23.1 Å². The van der Waals surface area contributed by atoms with Crippen molar-refractivity contribution in [2.75, 3.05) is 11.4 Å². The molecule has 3 aliphatic heterocycles. The smallest absolute Gasteiger partial charge is 0.445 e. The zero-order valence-corrected chi connectivity index (χ0v) is 28.0. The molecule has 0 bridgehead atoms. The Labute approximate surface area is 287 Å². The second-order valence-corrected chi connectivity index (χ2v) is 14.3. The van der Waals surface area contributed by atoms with Crippen LogP contribution in [0.25, 0.3) is 0 Å². The van der Waals surface area contributed by atoms with Crippen molar-refractivity contribution in [3.63, 3.8) is 0 Å². The monoisotopic (exact) mass is 713 g/mol. The van der Waals surface area contributed by atoms with Crippen molar-refractivity contribution in [3.05, 3.63) is 99.4 Å². The largest absolute Gasteiger partial charge is 0.451 e. The lowest BCUT2D eigenvalue weighted by Gasteiger charge is -2.51. The molecule has 1 aromatic heterocycles. The molecule has 3 aliphatic rings. The number of anilines is 1. The molecule has 256 valence electrons. The second kappa shape index (κ2) is 13.3. The number of benzene rings is 2. The lowest BCUT2D eigenvalue weighted by atomic mass is 9.95. The first-order valence-electron chi connectivity index (χ1n) is 15.1. The summed E-state index contributed by atoms with van der Waals surface area (Å²) in [4.78, 5) is 56.2. The number of fused-ring (bicyclic) bond motifs is 1. The highest BCUT2D eigenvalue weighted by atomic mass is 32.2. The van der Waals surface area contributed by atoms with E-state index < -0.39 is 64.2 Å². The van der Waals surface area contributed by atoms with E-state index in [1.165, 1.54) is 11.0 Å². The van der Waals surface area contributed by atoms with Crippen LogP contribution < -0.4 is 10.2 Å². The topological polar surface area (TPSA) is 131 Å². The zero-order chi connectivity index (χ0) is 35.1. The van der Waals surface area contributed by atoms with Crippen molar-refractivity contribution < 1.29 is 41.8 Å². The Hall–Kier alpha value is -4.70. The number of β-lactam (4-membered cyclic amide) rings is 1. The maximum atomic E-state index is 14.2. The number of alkyl halides is 3. The zero-order valence-electron chi connectivity index (χ0n) is 26.3. The van der Waals surface area contributed by atoms with Gasteiger partial charge < -0.3 is 19.7 Å². The number of thioether (sulfide) groups is 1. The quantitative estimate of drug-likeness (QED) is 0.189. The van der Waals surface area contributed by atoms with Crippen molar-refractivity contribution in [2.45, 2.75) is 62.5 Å². The van der Waals surface area contributed by atoms with Crippen molar-refractivity contribution in [2.24, 2.45) is 0 Å². The Morgan fingerprint density at radius 2 is 1.63 bits per heavy atom. The minimum absolute atomic E-state index is 0.0456. The summed E-state index contributed by atoms with van der Waals surface area (Å²) < 4.78 is 50.9. The van der Waals surface area contributed by atoms with Gasteiger partial charge >= 0.3 is 18.2 Å². The highest BCUT2D eigenvalue weighted by molar-refractivity contribution is 8.03. The molecule has 49 heavy (non-hydrogen) atoms. The fraction of sp³-hybridized carbons (Fsp3) is 0.333. The van der Waals surface area contributed by atoms with Gasteiger partial charge in [0.05, 0.1) is 0 Å². The summed E-state index contributed by atoms with van der Waals surface area (Å²) in [5, 5.41) is 8.87. The molecule has 2 saturated heterocycles. The molecular formula is C33H30F3N5O6S2. The van der Waals surface area contributed by atoms with Gasteiger partial charge in [-0.1, -0.05) is 72.0 Å². The van der Waals surface area contributed by atoms with Crippen LogP contribution in [0, 0.1) is 0 Å². The van der Waals surface area contributed by atoms with Gasteiger partial charge in [0.2, 0.25) is 16.0 Å². The number of nitrogens with one attached hydrogen (secondary N) is 1. The number of carbonyl (C=O) groups excluding carboxylic acids is 4. The van der Waals surface area contributed by atoms with Crippen LogP contribution in [0.2, 0.25) is 0 Å². The maximum absolute atomic E-state index is 14.2. The number of esters is 1. The van der Waals surface area contributed by atoms with Crippen LogP contribution in [-0.4, -0.2) is 68.6 Å². The van der Waals surface area contributed by atoms with Crippen molar-refractivity contribution >= 4 is 52.1 Å². The molecule has 11 nitrogen and oxygen atoms in total. The normalized spacial score (nSPS) is 21.7. The molecule has 2 aromatic carbocycles. The number of amides is 3. The first-order valence-corrected chi connectivity index (χ1v) is 16.9. The Bertz CT molecular complexity index is 1790. The number of ether oxygens (including phenoxy) is 2. The number of carbonyl (C=O) groups is 4. The van der Waals surface area contributed by atoms with E-state index in [0.717, 1.165) is 16.7 Å². The predicted octanol–water partition coefficient (Wildman–Crippen LogP) is 5.61. The van der Waals surface area contributed by atoms with E-state index >= 15 is 0 Å². The van der Waals surface area contributed by atoms with Crippen molar-refractivity contribution in [3.8, 4) is 0 Å². The van der Waals surface area contributed by atoms with Gasteiger partial charge in [-0.3, -0.25) is 14.5 Å². The Kier molecular flexibility index (Phi) is 9.28. The molecule has 0 spiro atoms. The van der Waals surface area contributed by atoms with E-state index in [0.29, 0.717) is 11.1 Å². The summed E-state index contributed by atoms with van der Waals surface area (Å²) in [7, 11) is 0. The summed E-state index contributed by atoms with van der Waals surface area (Å²) in [6.07, 6.45) is -4.74. The first-order chi connectivity index (χ1) is 23.2. The van der Waals surface area contributed by atoms with Crippen molar-refractivity contribution in [1.82, 2.24) is 20.4 Å². The van der Waals surface area contributed by atoms with Crippen LogP contribution in [0.1, 0.15) is 49.4 Å². The maximum Gasteiger partial charge on any atom is 0.445 e. The van der Waals surface area contributed by atoms with Gasteiger partial charge in [-0.15, -0.1) is 22.0 Å². The minimum Gasteiger partial charge on any atom is -0.451 e. The van der Waals surface area contributed by atoms with E-state index in [1.807, 2.05) is 36.4 Å². The minimum atomic E-state index is -4.71. The van der Waals surface area contributed by atoms with Gasteiger partial charge in [-0.25, -0.2) is 9.59 Å². The molecule has 0 radical (unpaired) electrons. The third-order valence-corrected chi connectivity index (χ3v) is 9.88. The summed E-state index contributed by atoms with van der Waals surface area (Å²) >= 11 is 1.42. The number of rotatable bonds is 7. The number of hydrogen-bond acceptors (Lipinski definition) is 10. The SMILES string of the molecule is CC(C)(C)OC(=O)N[C@@H]1C(=O)N2[C@@H](C(=O)OC(c3ccccc3)c3ccccc3)C(C=C3CCN(c4nnc(C(F)(F)F)s4)C3=O)=CS[C@H]12. The van der Waals surface area contributed by atoms with E-state index in [9.17, 15) is 32.3 Å². The van der Waals surface area contributed by atoms with E-state index in [-0.39, 0.29) is 40.6 Å². The van der Waals surface area contributed by atoms with E-state index in [2.05, 4.69) is 15.5 Å². The van der Waals surface area contributed by atoms with Crippen LogP contribution >= 0.6 is 23.1 Å². The predicted molar refractivity (Wildman–Crippen MR) is 174 cm³/mol. The van der Waals surface area contributed by atoms with Crippen LogP contribution in [0.15, 0.2) is 83.3 Å². The highest BCUT2D eigenvalue weighted by Crippen LogP contribution is 2.43. The summed E-state index contributed by atoms with van der Waals surface area (Å²) in [5.74, 6) is -1.94. The lowest BCUT2D eigenvalue weighted by Crippen LogP contribution is -2.74. The molecule has 0 aliphatic carbocycles. The van der Waals surface area contributed by atoms with Gasteiger partial charge in [-0.05, 0) is 55.4 Å². The molecule has 6 rings (SSSR count). The number of hydrogen-bond donors (Lipinski definition) is 1. The van der Waals surface area contributed by atoms with Gasteiger partial charge in [0.15, 0.2) is 12.1 Å². The molecule has 3 amide bonds. The summed E-state index contributed by atoms with van der Waals surface area (Å²) in [6, 6.07) is 15.8. The first kappa shape index (κ1) is 34.2. The fourth-order valence-corrected chi connectivity index (χ4v) is 7.47. The standard InChI is InChI=1S/C33H30F3N5O6S2/c1-32(2,3)47-31(45)37-22-26(43)41-23(28(44)46-24(18-10-6-4-7-11-18)19-12-8-5-9-13-19)21(17-48-27(22)41)16-20-14-15-40(25(20)42)30-39-38-29(49-30)33(34,35)36/h4-13,16-17,22-24,27H,14-15H2,1-3H3,(H,37,45)/t22-,23-,27-/m1/s1. The average Bonchev–Trinajstić information content (AvgIpc) is 3.69. The third-order valence-electron chi connectivity index (χ3n) is 7.70. The summed E-state index contributed by atoms with van der Waals surface area (Å²) in [6.45, 7) is 5.11. The number of aromatic nitrogens is 2. The van der Waals surface area contributed by atoms with Crippen molar-refractivity contribution in [1.29, 1.82) is 0 Å². The molecule has 0 unspecified atom stereocenters. The van der Waals surface area contributed by atoms with E-state index in [1.54, 1.807) is 50.4 Å². The molecule has 16 heteroatoms. The molecule has 3 atom stereocenters. The molecule has 2 fully saturated rings. The lowest BCUT2D eigenvalue weighted by molar-refractivity contribution is -0.164. The Morgan fingerprint density at radius 1 is 1.00 bits per heavy atom. The number of alkyl carbamates (subject to hydrolysis) is 1. The number of halogens is 3. The van der Waals surface area contributed by atoms with Crippen LogP contribution in [0.3, 0.4) is 0 Å². The van der Waals surface area contributed by atoms with Crippen LogP contribution in [-0.2, 0) is 30.0 Å². The molecule has 0 saturated carbocycles. The molecule has 1 N–H and O–H groups in total. The van der Waals surface area contributed by atoms with Gasteiger partial charge in [0, 0.05) is 12.1 Å². The fourth-order valence-electron chi connectivity index (χ4n) is 5.54. The number of nitrogens with zero attached hydrogens (tertiary/aromatic N) is 4. The highest BCUT2D eigenvalue weighted by Gasteiger charge is 2.56. The summed E-state index contributed by atoms with van der Waals surface area (Å²) in [5.41, 5.74) is 1.03. The Balaban J connectivity index is 1.31. The van der Waals surface area contributed by atoms with E-state index in [4.69, 9.17) is 9.47 Å². The third kappa shape index (κ3) is 7.20. The molecular weight excluding hydrogens is 684 g/mol. The average molecular weight is 714 g/mol. The molecule has 4 heterocycles. The van der Waals surface area contributed by atoms with Gasteiger partial charge in [0.1, 0.15) is 17.0 Å². The second-order valence-electron chi connectivity index (χ2n) is 12.3. The van der Waals surface area contributed by atoms with Gasteiger partial charge in [-0.2, -0.15) is 13.2 Å².